The summed E-state index contributed by atoms with van der Waals surface area (Å²) in [5, 5.41) is 2.72. The lowest BCUT2D eigenvalue weighted by Gasteiger charge is -2.14. The number of methoxy groups -OCH3 is 2. The maximum absolute atomic E-state index is 13.0. The zero-order chi connectivity index (χ0) is 24.0. The fourth-order valence-corrected chi connectivity index (χ4v) is 4.25. The third kappa shape index (κ3) is 6.17. The number of sulfonamides is 1. The average molecular weight is 471 g/mol. The van der Waals surface area contributed by atoms with Crippen molar-refractivity contribution in [3.63, 3.8) is 0 Å². The topological polar surface area (TPSA) is 103 Å². The summed E-state index contributed by atoms with van der Waals surface area (Å²) in [6.45, 7) is 3.83. The second-order valence-corrected chi connectivity index (χ2v) is 9.00. The molecule has 2 N–H and O–H groups in total. The molecule has 8 nitrogen and oxygen atoms in total. The number of amides is 1. The monoisotopic (exact) mass is 470 g/mol. The first-order chi connectivity index (χ1) is 15.7. The molecule has 3 aromatic rings. The van der Waals surface area contributed by atoms with Crippen LogP contribution in [0.2, 0.25) is 0 Å². The zero-order valence-corrected chi connectivity index (χ0v) is 19.6. The van der Waals surface area contributed by atoms with E-state index in [1.54, 1.807) is 54.6 Å². The van der Waals surface area contributed by atoms with E-state index in [-0.39, 0.29) is 22.7 Å². The Bertz CT molecular complexity index is 1210. The van der Waals surface area contributed by atoms with Crippen LogP contribution in [0.4, 0.5) is 11.4 Å². The van der Waals surface area contributed by atoms with Crippen molar-refractivity contribution in [3.05, 3.63) is 72.3 Å². The molecule has 9 heteroatoms. The fourth-order valence-electron chi connectivity index (χ4n) is 2.99. The van der Waals surface area contributed by atoms with Gasteiger partial charge < -0.3 is 19.5 Å². The minimum atomic E-state index is -4.00. The molecule has 0 fully saturated rings. The van der Waals surface area contributed by atoms with E-state index < -0.39 is 10.0 Å². The highest BCUT2D eigenvalue weighted by molar-refractivity contribution is 7.92. The summed E-state index contributed by atoms with van der Waals surface area (Å²) < 4.78 is 44.4. The fraction of sp³-hybridized carbons (Fsp3) is 0.208. The summed E-state index contributed by atoms with van der Waals surface area (Å²) >= 11 is 0. The Morgan fingerprint density at radius 1 is 0.818 bits per heavy atom. The molecule has 0 aliphatic heterocycles. The van der Waals surface area contributed by atoms with Crippen LogP contribution in [0.15, 0.2) is 71.6 Å². The van der Waals surface area contributed by atoms with Gasteiger partial charge in [-0.1, -0.05) is 0 Å². The number of carbonyl (C=O) groups excluding carboxylic acids is 1. The van der Waals surface area contributed by atoms with Crippen molar-refractivity contribution in [2.24, 2.45) is 0 Å². The van der Waals surface area contributed by atoms with Crippen molar-refractivity contribution < 1.29 is 27.4 Å². The molecule has 33 heavy (non-hydrogen) atoms. The van der Waals surface area contributed by atoms with Crippen LogP contribution in [0.3, 0.4) is 0 Å². The molecule has 0 heterocycles. The molecule has 0 aromatic heterocycles. The quantitative estimate of drug-likeness (QED) is 0.476. The van der Waals surface area contributed by atoms with Gasteiger partial charge >= 0.3 is 0 Å². The number of carbonyl (C=O) groups is 1. The SMILES string of the molecule is COc1ccc(NS(=O)(=O)c2cc(NC(=O)c3ccc(OC(C)C)cc3)ccc2OC)cc1. The molecule has 1 amide bonds. The summed E-state index contributed by atoms with van der Waals surface area (Å²) in [7, 11) is -1.10. The highest BCUT2D eigenvalue weighted by Crippen LogP contribution is 2.29. The van der Waals surface area contributed by atoms with E-state index in [0.29, 0.717) is 28.4 Å². The van der Waals surface area contributed by atoms with Gasteiger partial charge in [-0.15, -0.1) is 0 Å². The van der Waals surface area contributed by atoms with E-state index in [9.17, 15) is 13.2 Å². The number of ether oxygens (including phenoxy) is 3. The van der Waals surface area contributed by atoms with Crippen LogP contribution in [-0.2, 0) is 10.0 Å². The Morgan fingerprint density at radius 3 is 2.00 bits per heavy atom. The van der Waals surface area contributed by atoms with Crippen LogP contribution in [0.1, 0.15) is 24.2 Å². The number of hydrogen-bond donors (Lipinski definition) is 2. The van der Waals surface area contributed by atoms with Crippen molar-refractivity contribution >= 4 is 27.3 Å². The first-order valence-corrected chi connectivity index (χ1v) is 11.6. The lowest BCUT2D eigenvalue weighted by Crippen LogP contribution is -2.16. The summed E-state index contributed by atoms with van der Waals surface area (Å²) in [5.74, 6) is 1.01. The third-order valence-electron chi connectivity index (χ3n) is 4.54. The molecule has 0 aliphatic rings. The van der Waals surface area contributed by atoms with Crippen molar-refractivity contribution in [3.8, 4) is 17.2 Å². The minimum absolute atomic E-state index is 0.0240. The predicted octanol–water partition coefficient (Wildman–Crippen LogP) is 4.54. The molecule has 0 saturated heterocycles. The highest BCUT2D eigenvalue weighted by Gasteiger charge is 2.21. The predicted molar refractivity (Wildman–Crippen MR) is 127 cm³/mol. The van der Waals surface area contributed by atoms with E-state index in [1.165, 1.54) is 26.4 Å². The van der Waals surface area contributed by atoms with Crippen LogP contribution in [0, 0.1) is 0 Å². The van der Waals surface area contributed by atoms with E-state index >= 15 is 0 Å². The lowest BCUT2D eigenvalue weighted by molar-refractivity contribution is 0.102. The highest BCUT2D eigenvalue weighted by atomic mass is 32.2. The average Bonchev–Trinajstić information content (AvgIpc) is 2.79. The van der Waals surface area contributed by atoms with Gasteiger partial charge in [0.15, 0.2) is 0 Å². The second-order valence-electron chi connectivity index (χ2n) is 7.34. The summed E-state index contributed by atoms with van der Waals surface area (Å²) in [4.78, 5) is 12.5. The minimum Gasteiger partial charge on any atom is -0.497 e. The summed E-state index contributed by atoms with van der Waals surface area (Å²) in [6.07, 6.45) is 0.0240. The molecule has 0 saturated carbocycles. The normalized spacial score (nSPS) is 11.1. The van der Waals surface area contributed by atoms with Gasteiger partial charge in [0.1, 0.15) is 22.1 Å². The van der Waals surface area contributed by atoms with Gasteiger partial charge in [-0.25, -0.2) is 8.42 Å². The molecule has 0 bridgehead atoms. The Kier molecular flexibility index (Phi) is 7.44. The number of rotatable bonds is 9. The zero-order valence-electron chi connectivity index (χ0n) is 18.8. The standard InChI is InChI=1S/C24H26N2O6S/c1-16(2)32-21-10-5-17(6-11-21)24(27)25-19-9-14-22(31-4)23(15-19)33(28,29)26-18-7-12-20(30-3)13-8-18/h5-16,26H,1-4H3,(H,25,27). The van der Waals surface area contributed by atoms with Gasteiger partial charge in [-0.05, 0) is 80.6 Å². The maximum Gasteiger partial charge on any atom is 0.265 e. The van der Waals surface area contributed by atoms with E-state index in [4.69, 9.17) is 14.2 Å². The molecule has 0 unspecified atom stereocenters. The van der Waals surface area contributed by atoms with Gasteiger partial charge in [-0.2, -0.15) is 0 Å². The van der Waals surface area contributed by atoms with Gasteiger partial charge in [0.2, 0.25) is 0 Å². The van der Waals surface area contributed by atoms with Crippen molar-refractivity contribution in [2.75, 3.05) is 24.3 Å². The molecular weight excluding hydrogens is 444 g/mol. The van der Waals surface area contributed by atoms with E-state index in [2.05, 4.69) is 10.0 Å². The summed E-state index contributed by atoms with van der Waals surface area (Å²) in [5.41, 5.74) is 1.07. The van der Waals surface area contributed by atoms with Crippen molar-refractivity contribution in [1.29, 1.82) is 0 Å². The van der Waals surface area contributed by atoms with Crippen LogP contribution in [-0.4, -0.2) is 34.6 Å². The summed E-state index contributed by atoms with van der Waals surface area (Å²) in [6, 6.07) is 17.5. The molecule has 0 radical (unpaired) electrons. The molecule has 3 aromatic carbocycles. The van der Waals surface area contributed by atoms with Gasteiger partial charge in [0.05, 0.1) is 20.3 Å². The smallest absolute Gasteiger partial charge is 0.265 e. The Hall–Kier alpha value is -3.72. The Labute approximate surface area is 193 Å². The van der Waals surface area contributed by atoms with Crippen LogP contribution >= 0.6 is 0 Å². The Balaban J connectivity index is 1.81. The third-order valence-corrected chi connectivity index (χ3v) is 5.94. The van der Waals surface area contributed by atoms with E-state index in [0.717, 1.165) is 0 Å². The van der Waals surface area contributed by atoms with E-state index in [1.807, 2.05) is 13.8 Å². The first-order valence-electron chi connectivity index (χ1n) is 10.1. The van der Waals surface area contributed by atoms with Gasteiger partial charge in [0, 0.05) is 16.9 Å². The van der Waals surface area contributed by atoms with Crippen LogP contribution in [0.5, 0.6) is 17.2 Å². The first kappa shape index (κ1) is 23.9. The molecule has 174 valence electrons. The Morgan fingerprint density at radius 2 is 1.42 bits per heavy atom. The number of anilines is 2. The maximum atomic E-state index is 13.0. The number of hydrogen-bond acceptors (Lipinski definition) is 6. The molecule has 0 spiro atoms. The van der Waals surface area contributed by atoms with Crippen LogP contribution in [0.25, 0.3) is 0 Å². The molecule has 0 atom stereocenters. The second kappa shape index (κ2) is 10.3. The van der Waals surface area contributed by atoms with Crippen molar-refractivity contribution in [1.82, 2.24) is 0 Å². The van der Waals surface area contributed by atoms with Gasteiger partial charge in [0.25, 0.3) is 15.9 Å². The lowest BCUT2D eigenvalue weighted by atomic mass is 10.2. The number of nitrogens with one attached hydrogen (secondary N) is 2. The molecular formula is C24H26N2O6S. The molecule has 0 aliphatic carbocycles. The largest absolute Gasteiger partial charge is 0.497 e. The van der Waals surface area contributed by atoms with Crippen LogP contribution < -0.4 is 24.2 Å². The van der Waals surface area contributed by atoms with Crippen molar-refractivity contribution in [2.45, 2.75) is 24.8 Å². The number of benzene rings is 3. The van der Waals surface area contributed by atoms with Gasteiger partial charge in [-0.3, -0.25) is 9.52 Å². The molecule has 3 rings (SSSR count).